The van der Waals surface area contributed by atoms with E-state index in [1.54, 1.807) is 0 Å². The van der Waals surface area contributed by atoms with Crippen LogP contribution >= 0.6 is 0 Å². The summed E-state index contributed by atoms with van der Waals surface area (Å²) in [5, 5.41) is 38.2. The van der Waals surface area contributed by atoms with Crippen molar-refractivity contribution < 1.29 is 20.4 Å². The summed E-state index contributed by atoms with van der Waals surface area (Å²) in [5.41, 5.74) is 0. The molecular formula is C17H26O4. The zero-order chi connectivity index (χ0) is 16.1. The number of hydrogen-bond acceptors (Lipinski definition) is 4. The second-order valence-electron chi connectivity index (χ2n) is 4.92. The van der Waals surface area contributed by atoms with Gasteiger partial charge in [0.25, 0.3) is 0 Å². The monoisotopic (exact) mass is 294 g/mol. The average molecular weight is 294 g/mol. The number of unbranched alkanes of at least 4 members (excludes halogenated alkanes) is 4. The van der Waals surface area contributed by atoms with E-state index in [0.29, 0.717) is 6.42 Å². The first-order valence-corrected chi connectivity index (χ1v) is 7.38. The van der Waals surface area contributed by atoms with Gasteiger partial charge >= 0.3 is 0 Å². The molecule has 0 aliphatic carbocycles. The maximum Gasteiger partial charge on any atom is 0.144 e. The summed E-state index contributed by atoms with van der Waals surface area (Å²) in [5.74, 6) is 9.37. The third-order valence-corrected chi connectivity index (χ3v) is 3.05. The van der Waals surface area contributed by atoms with Crippen LogP contribution in [0.1, 0.15) is 45.4 Å². The smallest absolute Gasteiger partial charge is 0.144 e. The van der Waals surface area contributed by atoms with Gasteiger partial charge < -0.3 is 20.4 Å². The van der Waals surface area contributed by atoms with Crippen LogP contribution in [0.4, 0.5) is 0 Å². The molecule has 0 saturated carbocycles. The van der Waals surface area contributed by atoms with Gasteiger partial charge in [0.1, 0.15) is 18.3 Å². The highest BCUT2D eigenvalue weighted by Crippen LogP contribution is 2.11. The minimum Gasteiger partial charge on any atom is -0.390 e. The van der Waals surface area contributed by atoms with Gasteiger partial charge in [-0.2, -0.15) is 0 Å². The van der Waals surface area contributed by atoms with Crippen molar-refractivity contribution in [2.24, 2.45) is 0 Å². The van der Waals surface area contributed by atoms with Gasteiger partial charge in [-0.3, -0.25) is 0 Å². The topological polar surface area (TPSA) is 80.9 Å². The fourth-order valence-corrected chi connectivity index (χ4v) is 1.70. The fourth-order valence-electron chi connectivity index (χ4n) is 1.70. The van der Waals surface area contributed by atoms with Crippen LogP contribution in [0.3, 0.4) is 0 Å². The van der Waals surface area contributed by atoms with Crippen molar-refractivity contribution in [2.75, 3.05) is 0 Å². The molecule has 0 fully saturated rings. The molecule has 0 aliphatic heterocycles. The Morgan fingerprint density at radius 3 is 2.19 bits per heavy atom. The molecule has 118 valence electrons. The number of aliphatic hydroxyl groups is 4. The standard InChI is InChI=1S/C17H26O4/c1-3-5-6-7-8-12-15(19)17(21)16(20)13-10-9-11-14(18)4-2/h4,14-21H,2-3,5-8,12H2,1H3/t14?,15-,16-,17+/m1/s1. The zero-order valence-corrected chi connectivity index (χ0v) is 12.6. The molecule has 4 nitrogen and oxygen atoms in total. The first-order valence-electron chi connectivity index (χ1n) is 7.38. The molecule has 0 bridgehead atoms. The molecule has 0 radical (unpaired) electrons. The Bertz CT molecular complexity index is 396. The quantitative estimate of drug-likeness (QED) is 0.290. The van der Waals surface area contributed by atoms with Crippen molar-refractivity contribution in [1.29, 1.82) is 0 Å². The predicted octanol–water partition coefficient (Wildman–Crippen LogP) is 0.983. The average Bonchev–Trinajstić information content (AvgIpc) is 2.49. The van der Waals surface area contributed by atoms with Crippen LogP contribution in [0.5, 0.6) is 0 Å². The normalized spacial score (nSPS) is 15.7. The Kier molecular flexibility index (Phi) is 11.7. The number of hydrogen-bond donors (Lipinski definition) is 4. The summed E-state index contributed by atoms with van der Waals surface area (Å²) < 4.78 is 0. The predicted molar refractivity (Wildman–Crippen MR) is 83.2 cm³/mol. The number of rotatable bonds is 9. The molecule has 0 aromatic rings. The molecule has 1 unspecified atom stereocenters. The van der Waals surface area contributed by atoms with Gasteiger partial charge in [-0.25, -0.2) is 0 Å². The van der Waals surface area contributed by atoms with Crippen LogP contribution in [0.15, 0.2) is 12.7 Å². The van der Waals surface area contributed by atoms with Crippen molar-refractivity contribution in [1.82, 2.24) is 0 Å². The lowest BCUT2D eigenvalue weighted by molar-refractivity contribution is -0.0415. The molecular weight excluding hydrogens is 268 g/mol. The maximum absolute atomic E-state index is 9.76. The lowest BCUT2D eigenvalue weighted by atomic mass is 10.0. The van der Waals surface area contributed by atoms with Crippen LogP contribution in [-0.2, 0) is 0 Å². The Balaban J connectivity index is 4.11. The van der Waals surface area contributed by atoms with Crippen molar-refractivity contribution in [2.45, 2.75) is 69.9 Å². The molecule has 0 heterocycles. The Morgan fingerprint density at radius 1 is 0.952 bits per heavy atom. The summed E-state index contributed by atoms with van der Waals surface area (Å²) in [6.45, 7) is 5.48. The summed E-state index contributed by atoms with van der Waals surface area (Å²) in [4.78, 5) is 0. The van der Waals surface area contributed by atoms with Crippen LogP contribution in [-0.4, -0.2) is 44.8 Å². The Labute approximate surface area is 127 Å². The Hall–Kier alpha value is -1.30. The van der Waals surface area contributed by atoms with Crippen LogP contribution < -0.4 is 0 Å². The van der Waals surface area contributed by atoms with E-state index in [1.165, 1.54) is 12.5 Å². The minimum absolute atomic E-state index is 0.435. The molecule has 0 saturated heterocycles. The van der Waals surface area contributed by atoms with Gasteiger partial charge in [0.15, 0.2) is 0 Å². The molecule has 4 N–H and O–H groups in total. The van der Waals surface area contributed by atoms with Gasteiger partial charge in [0, 0.05) is 0 Å². The van der Waals surface area contributed by atoms with Crippen molar-refractivity contribution in [3.63, 3.8) is 0 Å². The van der Waals surface area contributed by atoms with Gasteiger partial charge in [0.05, 0.1) is 6.10 Å². The largest absolute Gasteiger partial charge is 0.390 e. The lowest BCUT2D eigenvalue weighted by Crippen LogP contribution is -2.36. The first kappa shape index (κ1) is 19.7. The molecule has 0 aromatic heterocycles. The van der Waals surface area contributed by atoms with E-state index in [9.17, 15) is 15.3 Å². The second kappa shape index (κ2) is 12.4. The van der Waals surface area contributed by atoms with E-state index in [4.69, 9.17) is 5.11 Å². The van der Waals surface area contributed by atoms with Gasteiger partial charge in [-0.15, -0.1) is 0 Å². The minimum atomic E-state index is -1.36. The van der Waals surface area contributed by atoms with Gasteiger partial charge in [0.2, 0.25) is 0 Å². The van der Waals surface area contributed by atoms with Crippen LogP contribution in [0.25, 0.3) is 0 Å². The first-order chi connectivity index (χ1) is 10.0. The molecule has 0 aromatic carbocycles. The summed E-state index contributed by atoms with van der Waals surface area (Å²) in [6.07, 6.45) is 2.31. The molecule has 4 heteroatoms. The summed E-state index contributed by atoms with van der Waals surface area (Å²) in [6, 6.07) is 0. The van der Waals surface area contributed by atoms with Gasteiger partial charge in [-0.05, 0) is 18.3 Å². The molecule has 0 spiro atoms. The zero-order valence-electron chi connectivity index (χ0n) is 12.6. The fraction of sp³-hybridized carbons (Fsp3) is 0.647. The maximum atomic E-state index is 9.76. The Morgan fingerprint density at radius 2 is 1.57 bits per heavy atom. The van der Waals surface area contributed by atoms with Crippen molar-refractivity contribution in [3.8, 4) is 23.7 Å². The summed E-state index contributed by atoms with van der Waals surface area (Å²) >= 11 is 0. The third kappa shape index (κ3) is 10.1. The highest BCUT2D eigenvalue weighted by atomic mass is 16.4. The van der Waals surface area contributed by atoms with Gasteiger partial charge in [-0.1, -0.05) is 63.5 Å². The third-order valence-electron chi connectivity index (χ3n) is 3.05. The lowest BCUT2D eigenvalue weighted by Gasteiger charge is -2.19. The highest BCUT2D eigenvalue weighted by molar-refractivity contribution is 5.30. The van der Waals surface area contributed by atoms with E-state index >= 15 is 0 Å². The second-order valence-corrected chi connectivity index (χ2v) is 4.92. The number of aliphatic hydroxyl groups excluding tert-OH is 4. The summed E-state index contributed by atoms with van der Waals surface area (Å²) in [7, 11) is 0. The van der Waals surface area contributed by atoms with E-state index in [1.807, 2.05) is 0 Å². The van der Waals surface area contributed by atoms with Crippen LogP contribution in [0.2, 0.25) is 0 Å². The van der Waals surface area contributed by atoms with E-state index in [2.05, 4.69) is 37.2 Å². The highest BCUT2D eigenvalue weighted by Gasteiger charge is 2.22. The van der Waals surface area contributed by atoms with Crippen LogP contribution in [0, 0.1) is 23.7 Å². The molecule has 4 atom stereocenters. The van der Waals surface area contributed by atoms with E-state index in [-0.39, 0.29) is 0 Å². The SMILES string of the molecule is C=CC(O)C#CC#C[C@@H](O)[C@@H](O)[C@H](O)CCCCCCC. The molecule has 21 heavy (non-hydrogen) atoms. The molecule has 0 rings (SSSR count). The molecule has 0 amide bonds. The van der Waals surface area contributed by atoms with E-state index in [0.717, 1.165) is 25.7 Å². The molecule has 0 aliphatic rings. The van der Waals surface area contributed by atoms with Crippen molar-refractivity contribution in [3.05, 3.63) is 12.7 Å². The van der Waals surface area contributed by atoms with Crippen molar-refractivity contribution >= 4 is 0 Å². The van der Waals surface area contributed by atoms with E-state index < -0.39 is 24.4 Å².